The van der Waals surface area contributed by atoms with Crippen molar-refractivity contribution in [3.63, 3.8) is 0 Å². The van der Waals surface area contributed by atoms with Crippen molar-refractivity contribution in [3.05, 3.63) is 18.7 Å². The van der Waals surface area contributed by atoms with Crippen molar-refractivity contribution in [1.82, 2.24) is 4.57 Å². The molecular weight excluding hydrogens is 323 g/mol. The molecule has 0 aliphatic rings. The summed E-state index contributed by atoms with van der Waals surface area (Å²) in [4.78, 5) is 0. The van der Waals surface area contributed by atoms with Crippen LogP contribution in [-0.4, -0.2) is 34.9 Å². The van der Waals surface area contributed by atoms with Crippen LogP contribution in [0.3, 0.4) is 0 Å². The fraction of sp³-hybridized carbons (Fsp3) is 0.700. The molecule has 0 aromatic carbocycles. The van der Waals surface area contributed by atoms with Crippen LogP contribution in [0.5, 0.6) is 0 Å². The molecule has 0 fully saturated rings. The first-order valence-electron chi connectivity index (χ1n) is 5.63. The number of hydrogen-bond donors (Lipinski definition) is 0. The van der Waals surface area contributed by atoms with Crippen molar-refractivity contribution in [1.29, 1.82) is 0 Å². The van der Waals surface area contributed by atoms with Gasteiger partial charge in [0.05, 0.1) is 13.6 Å². The lowest BCUT2D eigenvalue weighted by Crippen LogP contribution is -2.51. The summed E-state index contributed by atoms with van der Waals surface area (Å²) in [7, 11) is -4.56. The highest BCUT2D eigenvalue weighted by Gasteiger charge is 2.65. The van der Waals surface area contributed by atoms with Gasteiger partial charge >= 0.3 is 11.2 Å². The molecule has 0 saturated carbocycles. The number of halogens is 5. The van der Waals surface area contributed by atoms with Crippen LogP contribution < -0.4 is 4.57 Å². The minimum absolute atomic E-state index is 0.0269. The highest BCUT2D eigenvalue weighted by atomic mass is 32.2. The zero-order chi connectivity index (χ0) is 17.1. The fourth-order valence-corrected chi connectivity index (χ4v) is 1.58. The van der Waals surface area contributed by atoms with Gasteiger partial charge in [-0.15, -0.1) is 0 Å². The molecule has 0 saturated heterocycles. The van der Waals surface area contributed by atoms with Crippen LogP contribution >= 0.6 is 0 Å². The Labute approximate surface area is 118 Å². The van der Waals surface area contributed by atoms with E-state index in [1.807, 2.05) is 17.8 Å². The van der Waals surface area contributed by atoms with E-state index in [4.69, 9.17) is 0 Å². The molecule has 0 radical (unpaired) electrons. The summed E-state index contributed by atoms with van der Waals surface area (Å²) in [6.45, 7) is 3.21. The molecule has 124 valence electrons. The normalized spacial score (nSPS) is 14.3. The van der Waals surface area contributed by atoms with Gasteiger partial charge in [-0.3, -0.25) is 0 Å². The lowest BCUT2D eigenvalue weighted by atomic mass is 10.2. The maximum absolute atomic E-state index is 12.1. The SMILES string of the molecule is CC(F)C(F)(F)C(F)(F)S(=O)(=O)[O-].CC[n+]1ccn(C)c1. The van der Waals surface area contributed by atoms with Crippen LogP contribution in [0.25, 0.3) is 0 Å². The lowest BCUT2D eigenvalue weighted by Gasteiger charge is -2.28. The molecule has 0 N–H and O–H groups in total. The van der Waals surface area contributed by atoms with Gasteiger partial charge in [0, 0.05) is 0 Å². The molecular formula is C10H15F5N2O3S. The number of nitrogens with zero attached hydrogens (tertiary/aromatic N) is 2. The average molecular weight is 338 g/mol. The summed E-state index contributed by atoms with van der Waals surface area (Å²) >= 11 is 0. The molecule has 0 aliphatic heterocycles. The number of aromatic nitrogens is 2. The molecule has 0 spiro atoms. The van der Waals surface area contributed by atoms with Gasteiger partial charge in [0.2, 0.25) is 6.33 Å². The molecule has 1 atom stereocenters. The summed E-state index contributed by atoms with van der Waals surface area (Å²) in [6.07, 6.45) is 2.70. The van der Waals surface area contributed by atoms with Crippen molar-refractivity contribution in [2.75, 3.05) is 0 Å². The molecule has 0 amide bonds. The van der Waals surface area contributed by atoms with Crippen LogP contribution in [0.1, 0.15) is 13.8 Å². The molecule has 1 rings (SSSR count). The Morgan fingerprint density at radius 3 is 1.95 bits per heavy atom. The van der Waals surface area contributed by atoms with E-state index in [1.165, 1.54) is 0 Å². The van der Waals surface area contributed by atoms with Gasteiger partial charge < -0.3 is 4.55 Å². The zero-order valence-electron chi connectivity index (χ0n) is 11.4. The number of alkyl halides is 5. The third-order valence-corrected chi connectivity index (χ3v) is 3.29. The van der Waals surface area contributed by atoms with E-state index in [-0.39, 0.29) is 6.92 Å². The Morgan fingerprint density at radius 2 is 1.81 bits per heavy atom. The predicted molar refractivity (Wildman–Crippen MR) is 61.4 cm³/mol. The minimum atomic E-state index is -6.58. The Hall–Kier alpha value is -1.23. The topological polar surface area (TPSA) is 66.0 Å². The third kappa shape index (κ3) is 4.63. The smallest absolute Gasteiger partial charge is 0.399 e. The van der Waals surface area contributed by atoms with Crippen molar-refractivity contribution in [2.45, 2.75) is 37.7 Å². The molecule has 1 aromatic heterocycles. The zero-order valence-corrected chi connectivity index (χ0v) is 12.3. The maximum atomic E-state index is 12.1. The molecule has 1 heterocycles. The highest BCUT2D eigenvalue weighted by molar-refractivity contribution is 7.86. The molecule has 1 unspecified atom stereocenters. The second-order valence-electron chi connectivity index (χ2n) is 4.12. The first-order valence-corrected chi connectivity index (χ1v) is 7.04. The number of imidazole rings is 1. The van der Waals surface area contributed by atoms with Gasteiger partial charge in [-0.1, -0.05) is 0 Å². The summed E-state index contributed by atoms with van der Waals surface area (Å²) in [6, 6.07) is 0. The summed E-state index contributed by atoms with van der Waals surface area (Å²) < 4.78 is 93.4. The molecule has 5 nitrogen and oxygen atoms in total. The first-order chi connectivity index (χ1) is 9.27. The van der Waals surface area contributed by atoms with Crippen LogP contribution in [-0.2, 0) is 23.7 Å². The van der Waals surface area contributed by atoms with Crippen LogP contribution in [0.4, 0.5) is 22.0 Å². The Morgan fingerprint density at radius 1 is 1.33 bits per heavy atom. The summed E-state index contributed by atoms with van der Waals surface area (Å²) in [5.41, 5.74) is 0. The number of aryl methyl sites for hydroxylation is 2. The van der Waals surface area contributed by atoms with Gasteiger partial charge in [0.15, 0.2) is 16.3 Å². The van der Waals surface area contributed by atoms with Gasteiger partial charge in [0.25, 0.3) is 0 Å². The number of rotatable bonds is 4. The average Bonchev–Trinajstić information content (AvgIpc) is 2.74. The van der Waals surface area contributed by atoms with Crippen molar-refractivity contribution in [3.8, 4) is 0 Å². The molecule has 0 bridgehead atoms. The maximum Gasteiger partial charge on any atom is 0.399 e. The van der Waals surface area contributed by atoms with Gasteiger partial charge in [-0.05, 0) is 13.8 Å². The first kappa shape index (κ1) is 19.8. The lowest BCUT2D eigenvalue weighted by molar-refractivity contribution is -0.693. The minimum Gasteiger partial charge on any atom is -0.743 e. The van der Waals surface area contributed by atoms with E-state index in [9.17, 15) is 34.9 Å². The van der Waals surface area contributed by atoms with Crippen molar-refractivity contribution >= 4 is 10.1 Å². The molecule has 21 heavy (non-hydrogen) atoms. The Balaban J connectivity index is 0.000000423. The quantitative estimate of drug-likeness (QED) is 0.474. The van der Waals surface area contributed by atoms with Crippen LogP contribution in [0.2, 0.25) is 0 Å². The van der Waals surface area contributed by atoms with E-state index in [2.05, 4.69) is 24.0 Å². The van der Waals surface area contributed by atoms with Crippen molar-refractivity contribution in [2.24, 2.45) is 7.05 Å². The second-order valence-corrected chi connectivity index (χ2v) is 5.54. The summed E-state index contributed by atoms with van der Waals surface area (Å²) in [5.74, 6) is -5.52. The second kappa shape index (κ2) is 6.69. The van der Waals surface area contributed by atoms with Crippen molar-refractivity contribution < 1.29 is 39.5 Å². The van der Waals surface area contributed by atoms with Gasteiger partial charge in [0.1, 0.15) is 12.4 Å². The van der Waals surface area contributed by atoms with Crippen LogP contribution in [0, 0.1) is 0 Å². The Kier molecular flexibility index (Phi) is 6.30. The highest BCUT2D eigenvalue weighted by Crippen LogP contribution is 2.41. The Bertz CT molecular complexity index is 557. The van der Waals surface area contributed by atoms with E-state index in [1.54, 1.807) is 0 Å². The summed E-state index contributed by atoms with van der Waals surface area (Å²) in [5, 5.41) is -5.94. The predicted octanol–water partition coefficient (Wildman–Crippen LogP) is 1.45. The molecule has 11 heteroatoms. The standard InChI is InChI=1S/C6H11N2.C4H5F5O3S/c1-3-8-5-4-7(2)6-8;1-2(5)3(6,7)4(8,9)13(10,11)12/h4-6H,3H2,1-2H3;2H,1H3,(H,10,11,12)/q+1;/p-1. The fourth-order valence-electron chi connectivity index (χ4n) is 1.09. The van der Waals surface area contributed by atoms with E-state index in [0.29, 0.717) is 0 Å². The van der Waals surface area contributed by atoms with Gasteiger partial charge in [-0.2, -0.15) is 17.6 Å². The van der Waals surface area contributed by atoms with Gasteiger partial charge in [-0.25, -0.2) is 21.9 Å². The third-order valence-electron chi connectivity index (χ3n) is 2.39. The van der Waals surface area contributed by atoms with E-state index in [0.717, 1.165) is 6.54 Å². The molecule has 1 aromatic rings. The number of hydrogen-bond acceptors (Lipinski definition) is 3. The van der Waals surface area contributed by atoms with Crippen LogP contribution in [0.15, 0.2) is 18.7 Å². The largest absolute Gasteiger partial charge is 0.743 e. The van der Waals surface area contributed by atoms with E-state index >= 15 is 0 Å². The monoisotopic (exact) mass is 338 g/mol. The molecule has 0 aliphatic carbocycles. The van der Waals surface area contributed by atoms with E-state index < -0.39 is 27.5 Å².